The first kappa shape index (κ1) is 21.4. The third-order valence-corrected chi connectivity index (χ3v) is 9.74. The predicted molar refractivity (Wildman–Crippen MR) is 131 cm³/mol. The highest BCUT2D eigenvalue weighted by molar-refractivity contribution is 7.75. The molecule has 2 amide bonds. The zero-order chi connectivity index (χ0) is 23.0. The lowest BCUT2D eigenvalue weighted by Crippen LogP contribution is -2.39. The van der Waals surface area contributed by atoms with Gasteiger partial charge in [-0.05, 0) is 48.5 Å². The Morgan fingerprint density at radius 3 is 1.79 bits per heavy atom. The summed E-state index contributed by atoms with van der Waals surface area (Å²) in [4.78, 5) is 40.4. The summed E-state index contributed by atoms with van der Waals surface area (Å²) in [6.45, 7) is 1.12. The predicted octanol–water partition coefficient (Wildman–Crippen LogP) is 4.11. The topological polar surface area (TPSA) is 73.3 Å². The van der Waals surface area contributed by atoms with Gasteiger partial charge in [0.15, 0.2) is 7.79 Å². The monoisotopic (exact) mass is 462 g/mol. The Morgan fingerprint density at radius 2 is 1.30 bits per heavy atom. The molecule has 1 atom stereocenters. The molecule has 5 rings (SSSR count). The molecule has 2 aliphatic rings. The summed E-state index contributed by atoms with van der Waals surface area (Å²) in [6.07, 6.45) is -0.0399. The van der Waals surface area contributed by atoms with Gasteiger partial charge in [0.1, 0.15) is 11.4 Å². The molecule has 0 spiro atoms. The van der Waals surface area contributed by atoms with Gasteiger partial charge in [0, 0.05) is 30.9 Å². The van der Waals surface area contributed by atoms with Gasteiger partial charge in [0.05, 0.1) is 12.8 Å². The van der Waals surface area contributed by atoms with Crippen LogP contribution in [0.2, 0.25) is 0 Å². The third-order valence-electron chi connectivity index (χ3n) is 6.21. The number of carbonyl (C=O) groups is 2. The van der Waals surface area contributed by atoms with E-state index in [2.05, 4.69) is 0 Å². The minimum Gasteiger partial charge on any atom is -0.497 e. The number of methoxy groups -OCH3 is 1. The molecule has 1 N–H and O–H groups in total. The number of ether oxygens (including phenoxy) is 1. The number of carbonyl (C=O) groups excluding carboxylic acids is 2. The van der Waals surface area contributed by atoms with Gasteiger partial charge in [-0.25, -0.2) is 4.90 Å². The minimum atomic E-state index is -3.27. The van der Waals surface area contributed by atoms with Gasteiger partial charge in [-0.15, -0.1) is 0 Å². The molecular weight excluding hydrogens is 437 g/mol. The maximum Gasteiger partial charge on any atom is 0.247 e. The summed E-state index contributed by atoms with van der Waals surface area (Å²) in [5.41, 5.74) is 1.32. The lowest BCUT2D eigenvalue weighted by atomic mass is 10.3. The van der Waals surface area contributed by atoms with Gasteiger partial charge >= 0.3 is 0 Å². The van der Waals surface area contributed by atoms with Crippen LogP contribution in [0, 0.1) is 0 Å². The molecule has 2 fully saturated rings. The van der Waals surface area contributed by atoms with Crippen molar-refractivity contribution < 1.29 is 19.2 Å². The highest BCUT2D eigenvalue weighted by atomic mass is 31.2. The number of para-hydroxylation sites is 2. The van der Waals surface area contributed by atoms with E-state index in [0.717, 1.165) is 11.4 Å². The van der Waals surface area contributed by atoms with E-state index in [1.165, 1.54) is 4.90 Å². The van der Waals surface area contributed by atoms with Crippen molar-refractivity contribution in [2.45, 2.75) is 12.1 Å². The molecule has 7 nitrogen and oxygen atoms in total. The van der Waals surface area contributed by atoms with Crippen LogP contribution in [0.1, 0.15) is 6.42 Å². The molecular formula is C25H25N3O4P. The van der Waals surface area contributed by atoms with Crippen LogP contribution in [0.15, 0.2) is 84.9 Å². The summed E-state index contributed by atoms with van der Waals surface area (Å²) in [5.74, 6) is -0.0388. The van der Waals surface area contributed by atoms with Crippen molar-refractivity contribution in [3.63, 3.8) is 0 Å². The maximum absolute atomic E-state index is 13.7. The Bertz CT molecular complexity index is 1110. The van der Waals surface area contributed by atoms with E-state index in [1.807, 2.05) is 70.0 Å². The van der Waals surface area contributed by atoms with E-state index >= 15 is 0 Å². The zero-order valence-electron chi connectivity index (χ0n) is 18.2. The smallest absolute Gasteiger partial charge is 0.247 e. The van der Waals surface area contributed by atoms with Crippen LogP contribution >= 0.6 is 7.79 Å². The molecule has 0 saturated carbocycles. The van der Waals surface area contributed by atoms with Gasteiger partial charge < -0.3 is 19.0 Å². The number of anilines is 3. The Labute approximate surface area is 193 Å². The maximum atomic E-state index is 13.7. The number of nitrogens with zero attached hydrogens (tertiary/aromatic N) is 3. The average molecular weight is 462 g/mol. The largest absolute Gasteiger partial charge is 0.497 e. The molecule has 0 aromatic heterocycles. The molecule has 2 heterocycles. The number of rotatable bonds is 5. The average Bonchev–Trinajstić information content (AvgIpc) is 3.37. The van der Waals surface area contributed by atoms with Crippen LogP contribution in [-0.4, -0.2) is 42.6 Å². The van der Waals surface area contributed by atoms with Crippen LogP contribution in [0.5, 0.6) is 5.75 Å². The third kappa shape index (κ3) is 3.54. The molecule has 169 valence electrons. The van der Waals surface area contributed by atoms with Crippen molar-refractivity contribution in [2.24, 2.45) is 0 Å². The molecule has 3 aromatic rings. The minimum absolute atomic E-state index is 0.0399. The lowest BCUT2D eigenvalue weighted by Gasteiger charge is -2.45. The van der Waals surface area contributed by atoms with E-state index < -0.39 is 13.4 Å². The summed E-state index contributed by atoms with van der Waals surface area (Å²) >= 11 is 0. The van der Waals surface area contributed by atoms with E-state index in [-0.39, 0.29) is 18.2 Å². The standard InChI is InChI=1S/C25H25N3O4P/c1-32-22-14-12-21(13-15-22)28-24(29)18-23(25(28)30)33(31)26(19-8-4-2-5-9-19)16-17-27(33)20-10-6-3-7-11-20/h2-15,23,31H,16-18H2,1H3. The molecule has 0 aliphatic carbocycles. The lowest BCUT2D eigenvalue weighted by molar-refractivity contribution is -0.121. The Balaban J connectivity index is 1.56. The molecule has 0 bridgehead atoms. The number of imide groups is 1. The van der Waals surface area contributed by atoms with Crippen LogP contribution in [0.3, 0.4) is 0 Å². The SMILES string of the molecule is COc1ccc(N2C(=O)CC([P]3(O)N(c4ccccc4)CCN3c3ccccc3)C2=O)cc1. The van der Waals surface area contributed by atoms with Crippen LogP contribution in [0.4, 0.5) is 17.1 Å². The van der Waals surface area contributed by atoms with Gasteiger partial charge in [0.2, 0.25) is 11.8 Å². The molecule has 2 saturated heterocycles. The fraction of sp³-hybridized carbons (Fsp3) is 0.200. The van der Waals surface area contributed by atoms with Crippen molar-refractivity contribution >= 4 is 36.7 Å². The first-order valence-electron chi connectivity index (χ1n) is 10.8. The fourth-order valence-electron chi connectivity index (χ4n) is 4.64. The van der Waals surface area contributed by atoms with Crippen LogP contribution in [-0.2, 0) is 9.59 Å². The van der Waals surface area contributed by atoms with Gasteiger partial charge in [-0.3, -0.25) is 9.59 Å². The van der Waals surface area contributed by atoms with E-state index in [1.54, 1.807) is 31.4 Å². The summed E-state index contributed by atoms with van der Waals surface area (Å²) < 4.78 is 9.07. The van der Waals surface area contributed by atoms with Crippen molar-refractivity contribution in [1.29, 1.82) is 0 Å². The highest BCUT2D eigenvalue weighted by Gasteiger charge is 2.58. The number of hydrogen-bond donors (Lipinski definition) is 1. The number of hydrogen-bond acceptors (Lipinski definition) is 6. The molecule has 8 heteroatoms. The van der Waals surface area contributed by atoms with Gasteiger partial charge in [-0.2, -0.15) is 0 Å². The zero-order valence-corrected chi connectivity index (χ0v) is 19.1. The van der Waals surface area contributed by atoms with Gasteiger partial charge in [-0.1, -0.05) is 36.4 Å². The van der Waals surface area contributed by atoms with E-state index in [4.69, 9.17) is 4.74 Å². The molecule has 1 radical (unpaired) electrons. The first-order valence-corrected chi connectivity index (χ1v) is 12.5. The van der Waals surface area contributed by atoms with Crippen molar-refractivity contribution in [3.8, 4) is 5.75 Å². The quantitative estimate of drug-likeness (QED) is 0.455. The molecule has 3 aromatic carbocycles. The van der Waals surface area contributed by atoms with Crippen LogP contribution in [0.25, 0.3) is 0 Å². The summed E-state index contributed by atoms with van der Waals surface area (Å²) in [6, 6.07) is 26.0. The second-order valence-electron chi connectivity index (χ2n) is 8.02. The first-order chi connectivity index (χ1) is 16.0. The summed E-state index contributed by atoms with van der Waals surface area (Å²) in [7, 11) is -1.71. The highest BCUT2D eigenvalue weighted by Crippen LogP contribution is 2.71. The number of amides is 2. The molecule has 1 unspecified atom stereocenters. The second-order valence-corrected chi connectivity index (χ2v) is 10.8. The van der Waals surface area contributed by atoms with Crippen molar-refractivity contribution in [3.05, 3.63) is 84.9 Å². The van der Waals surface area contributed by atoms with Crippen LogP contribution < -0.4 is 19.0 Å². The Morgan fingerprint density at radius 1 is 0.788 bits per heavy atom. The normalized spacial score (nSPS) is 19.9. The van der Waals surface area contributed by atoms with Crippen molar-refractivity contribution in [1.82, 2.24) is 0 Å². The Kier molecular flexibility index (Phi) is 5.52. The summed E-state index contributed by atoms with van der Waals surface area (Å²) in [5, 5.41) is 0. The Hall–Kier alpha value is -3.41. The van der Waals surface area contributed by atoms with Crippen molar-refractivity contribution in [2.75, 3.05) is 34.4 Å². The molecule has 2 aliphatic heterocycles. The van der Waals surface area contributed by atoms with E-state index in [0.29, 0.717) is 24.5 Å². The second kappa shape index (κ2) is 8.50. The fourth-order valence-corrected chi connectivity index (χ4v) is 8.10. The van der Waals surface area contributed by atoms with Gasteiger partial charge in [0.25, 0.3) is 0 Å². The number of benzene rings is 3. The molecule has 33 heavy (non-hydrogen) atoms. The van der Waals surface area contributed by atoms with E-state index in [9.17, 15) is 14.5 Å².